The zero-order valence-corrected chi connectivity index (χ0v) is 77.6. The molecule has 0 aliphatic rings. The highest BCUT2D eigenvalue weighted by atomic mass is 16.6. The molecule has 0 saturated carbocycles. The molecular formula is C87H133N7O28. The molecule has 684 valence electrons. The van der Waals surface area contributed by atoms with Gasteiger partial charge in [-0.1, -0.05) is 70.9 Å². The Kier molecular flexibility index (Phi) is 74.8. The van der Waals surface area contributed by atoms with Crippen LogP contribution < -0.4 is 16.0 Å². The molecule has 0 aromatic carbocycles. The van der Waals surface area contributed by atoms with Crippen molar-refractivity contribution in [1.29, 1.82) is 0 Å². The number of likely N-dealkylation sites (N-methyl/N-ethyl adjacent to an activating group) is 3. The van der Waals surface area contributed by atoms with Crippen molar-refractivity contribution >= 4 is 83.6 Å². The Balaban J connectivity index is -0.000000253. The van der Waals surface area contributed by atoms with Gasteiger partial charge in [-0.3, -0.25) is 0 Å². The largest absolute Gasteiger partial charge is 0.465 e. The van der Waals surface area contributed by atoms with Crippen LogP contribution in [0.15, 0.2) is 199 Å². The smallest absolute Gasteiger partial charge is 0.345 e. The molecule has 0 bridgehead atoms. The van der Waals surface area contributed by atoms with Gasteiger partial charge in [0.1, 0.15) is 39.0 Å². The molecule has 0 heterocycles. The summed E-state index contributed by atoms with van der Waals surface area (Å²) in [4.78, 5) is 167. The minimum Gasteiger partial charge on any atom is -0.465 e. The third-order valence-electron chi connectivity index (χ3n) is 14.2. The van der Waals surface area contributed by atoms with Crippen LogP contribution in [-0.2, 0) is 133 Å². The Labute approximate surface area is 720 Å². The van der Waals surface area contributed by atoms with Crippen LogP contribution in [-0.4, -0.2) is 299 Å². The molecule has 122 heavy (non-hydrogen) atoms. The van der Waals surface area contributed by atoms with Crippen molar-refractivity contribution in [3.63, 3.8) is 0 Å². The Morgan fingerprint density at radius 1 is 0.295 bits per heavy atom. The SMILES string of the molecule is CCOC(=O)C(=C/C(C)=C/N(C)C)C(=O)OCC.CNC/C(C)=C/C=C(\C)C=C(C(=O)OC)C(=O)OC.CNC/C(C)=C/C=C/C(C)=C(C(=O)OC)C(=O)OC.CNC/C=C/C=C(\C)C=C(C(=O)OC)C(=O)OC.COC(=O)C(=C/C=C(\C)N(C)C)C(=O)OC.COC(=O)C(=C/C=C/N(C)C)C(=O)OC.COC(=O)C(C(=O)OC)=C(C)/C=C(\C)N(C)C. The van der Waals surface area contributed by atoms with Crippen molar-refractivity contribution in [2.75, 3.05) is 196 Å². The zero-order valence-electron chi connectivity index (χ0n) is 77.6. The molecule has 0 saturated heterocycles. The van der Waals surface area contributed by atoms with Gasteiger partial charge in [0.25, 0.3) is 0 Å². The highest BCUT2D eigenvalue weighted by molar-refractivity contribution is 6.18. The minimum absolute atomic E-state index is 0.0869. The third kappa shape index (κ3) is 59.0. The van der Waals surface area contributed by atoms with Crippen molar-refractivity contribution in [3.05, 3.63) is 199 Å². The number of hydrogen-bond donors (Lipinski definition) is 3. The maximum absolute atomic E-state index is 11.6. The first kappa shape index (κ1) is 122. The molecular weight excluding hydrogens is 1590 g/mol. The number of ether oxygens (including phenoxy) is 14. The zero-order chi connectivity index (χ0) is 95.9. The first-order valence-electron chi connectivity index (χ1n) is 36.9. The average Bonchev–Trinajstić information content (AvgIpc) is 0.869. The molecule has 35 nitrogen and oxygen atoms in total. The van der Waals surface area contributed by atoms with Gasteiger partial charge in [0.05, 0.1) is 98.5 Å². The lowest BCUT2D eigenvalue weighted by molar-refractivity contribution is -0.148. The summed E-state index contributed by atoms with van der Waals surface area (Å²) in [6.07, 6.45) is 30.1. The first-order valence-corrected chi connectivity index (χ1v) is 36.9. The summed E-state index contributed by atoms with van der Waals surface area (Å²) in [5.41, 5.74) is 6.52. The van der Waals surface area contributed by atoms with E-state index in [4.69, 9.17) is 9.47 Å². The average molecular weight is 1730 g/mol. The number of esters is 14. The van der Waals surface area contributed by atoms with Crippen LogP contribution >= 0.6 is 0 Å². The Bertz CT molecular complexity index is 3840. The number of carbonyl (C=O) groups is 14. The van der Waals surface area contributed by atoms with Gasteiger partial charge < -0.3 is 102 Å². The van der Waals surface area contributed by atoms with Gasteiger partial charge in [0, 0.05) is 93.6 Å². The number of hydrogen-bond acceptors (Lipinski definition) is 35. The van der Waals surface area contributed by atoms with Crippen LogP contribution in [0.4, 0.5) is 0 Å². The maximum atomic E-state index is 11.6. The molecule has 0 rings (SSSR count). The molecule has 35 heteroatoms. The summed E-state index contributed by atoms with van der Waals surface area (Å²) in [5, 5.41) is 9.00. The van der Waals surface area contributed by atoms with Gasteiger partial charge >= 0.3 is 83.6 Å². The number of nitrogens with one attached hydrogen (secondary N) is 3. The molecule has 0 amide bonds. The Morgan fingerprint density at radius 2 is 0.615 bits per heavy atom. The molecule has 0 unspecified atom stereocenters. The predicted molar refractivity (Wildman–Crippen MR) is 464 cm³/mol. The van der Waals surface area contributed by atoms with E-state index in [0.717, 1.165) is 58.9 Å². The molecule has 0 fully saturated rings. The van der Waals surface area contributed by atoms with Gasteiger partial charge in [-0.15, -0.1) is 0 Å². The van der Waals surface area contributed by atoms with Crippen LogP contribution in [0.25, 0.3) is 0 Å². The lowest BCUT2D eigenvalue weighted by Crippen LogP contribution is -2.18. The van der Waals surface area contributed by atoms with E-state index in [2.05, 4.69) is 72.8 Å². The molecule has 0 aliphatic carbocycles. The summed E-state index contributed by atoms with van der Waals surface area (Å²) >= 11 is 0. The highest BCUT2D eigenvalue weighted by Crippen LogP contribution is 2.16. The molecule has 0 aromatic rings. The van der Waals surface area contributed by atoms with Gasteiger partial charge in [-0.2, -0.15) is 0 Å². The minimum atomic E-state index is -0.717. The van der Waals surface area contributed by atoms with Gasteiger partial charge in [-0.05, 0) is 169 Å². The standard InChI is InChI=1S/2C14H21NO4.C13H19NO4.C13H21NO4.C12H19NO4.C11H17NO4.C10H15NO4/c1-10(6-7-11(2)9-15-3)8-12(13(16)18-4)14(17)19-5;1-10(9-15-3)7-6-8-11(2)12(13(16)18-4)14(17)19-5;1-10(7-5-6-8-14-2)9-11(12(15)17-3)13(16)18-4;1-6-17-12(15)11(13(16)18-7-2)8-10(3)9-14(4)5;1-8(7-9(2)13(3)4)10(11(14)16-5)12(15)17-6;1-8(12(2)3)6-7-9(10(13)15-4)11(14)16-5;1-11(2)7-5-6-8(9(12)14-3)10(13)15-4/h2*6-8,15H,9H2,1-5H3;5-7,9,14H,8H2,1-4H3;8-9H,6-7H2,1-5H3;7H,1-6H3;6-7H,1-5H3;5-7H,1-4H3/b10-6+,11-7+;8-6+,10-7+;6-5+,10-7+;10-9+;9-7+;8-6+;7-5+. The number of allylic oxidation sites excluding steroid dienone is 22. The second kappa shape index (κ2) is 74.5. The van der Waals surface area contributed by atoms with Crippen molar-refractivity contribution in [3.8, 4) is 0 Å². The highest BCUT2D eigenvalue weighted by Gasteiger charge is 2.26. The van der Waals surface area contributed by atoms with Crippen LogP contribution in [0.5, 0.6) is 0 Å². The third-order valence-corrected chi connectivity index (χ3v) is 14.2. The summed E-state index contributed by atoms with van der Waals surface area (Å²) in [6.45, 7) is 22.4. The maximum Gasteiger partial charge on any atom is 0.345 e. The lowest BCUT2D eigenvalue weighted by atomic mass is 10.1. The van der Waals surface area contributed by atoms with Crippen molar-refractivity contribution in [2.24, 2.45) is 0 Å². The molecule has 0 atom stereocenters. The van der Waals surface area contributed by atoms with Gasteiger partial charge in [-0.25, -0.2) is 67.1 Å². The number of methoxy groups -OCH3 is 12. The molecule has 3 N–H and O–H groups in total. The Morgan fingerprint density at radius 3 is 0.934 bits per heavy atom. The number of nitrogens with zero attached hydrogens (tertiary/aromatic N) is 4. The molecule has 0 aromatic heterocycles. The van der Waals surface area contributed by atoms with E-state index in [0.29, 0.717) is 11.1 Å². The van der Waals surface area contributed by atoms with Crippen molar-refractivity contribution in [1.82, 2.24) is 35.6 Å². The van der Waals surface area contributed by atoms with Crippen molar-refractivity contribution in [2.45, 2.75) is 76.2 Å². The van der Waals surface area contributed by atoms with E-state index in [-0.39, 0.29) is 52.2 Å². The van der Waals surface area contributed by atoms with Crippen LogP contribution in [0.2, 0.25) is 0 Å². The van der Waals surface area contributed by atoms with E-state index < -0.39 is 83.6 Å². The van der Waals surface area contributed by atoms with Crippen molar-refractivity contribution < 1.29 is 133 Å². The number of carbonyl (C=O) groups excluding carboxylic acids is 14. The fourth-order valence-electron chi connectivity index (χ4n) is 7.76. The molecule has 0 aliphatic heterocycles. The normalized spacial score (nSPS) is 10.9. The van der Waals surface area contributed by atoms with E-state index in [9.17, 15) is 67.1 Å². The number of rotatable bonds is 36. The topological polar surface area (TPSA) is 417 Å². The van der Waals surface area contributed by atoms with E-state index in [1.165, 1.54) is 116 Å². The van der Waals surface area contributed by atoms with Gasteiger partial charge in [0.2, 0.25) is 0 Å². The fourth-order valence-corrected chi connectivity index (χ4v) is 7.76. The quantitative estimate of drug-likeness (QED) is 0.0137. The van der Waals surface area contributed by atoms with E-state index in [1.54, 1.807) is 102 Å². The van der Waals surface area contributed by atoms with Crippen LogP contribution in [0, 0.1) is 0 Å². The Hall–Kier alpha value is -12.8. The van der Waals surface area contributed by atoms with E-state index >= 15 is 0 Å². The second-order valence-corrected chi connectivity index (χ2v) is 25.1. The van der Waals surface area contributed by atoms with Crippen LogP contribution in [0.1, 0.15) is 76.2 Å². The summed E-state index contributed by atoms with van der Waals surface area (Å²) in [5.74, 6) is -9.84. The lowest BCUT2D eigenvalue weighted by Gasteiger charge is -2.13. The summed E-state index contributed by atoms with van der Waals surface area (Å²) in [6, 6.07) is 0. The van der Waals surface area contributed by atoms with Gasteiger partial charge in [0.15, 0.2) is 0 Å². The predicted octanol–water partition coefficient (Wildman–Crippen LogP) is 7.40. The van der Waals surface area contributed by atoms with E-state index in [1.807, 2.05) is 150 Å². The molecule has 0 spiro atoms. The summed E-state index contributed by atoms with van der Waals surface area (Å²) in [7, 11) is 34.9. The first-order chi connectivity index (χ1) is 57.2. The fraction of sp³-hybridized carbons (Fsp3) is 0.448. The summed E-state index contributed by atoms with van der Waals surface area (Å²) < 4.78 is 63.8. The van der Waals surface area contributed by atoms with Crippen LogP contribution in [0.3, 0.4) is 0 Å². The monoisotopic (exact) mass is 1720 g/mol. The second-order valence-electron chi connectivity index (χ2n) is 25.1. The molecule has 0 radical (unpaired) electrons.